The molecule has 0 aliphatic heterocycles. The normalized spacial score (nSPS) is 11.0. The molecule has 2 aromatic carbocycles. The second-order valence-electron chi connectivity index (χ2n) is 6.05. The number of rotatable bonds is 3. The van der Waals surface area contributed by atoms with Crippen molar-refractivity contribution in [3.8, 4) is 11.3 Å². The molecule has 2 heterocycles. The number of aromatic amines is 1. The standard InChI is InChI=1S/C20H18N4/c1-13-3-2-4-14(9-13)10-19-17-11-18(24-20(17)23-12-22-19)15-5-7-16(21)8-6-15/h2-9,11-12H,10,21H2,1H3,(H,22,23,24). The lowest BCUT2D eigenvalue weighted by Gasteiger charge is -2.03. The topological polar surface area (TPSA) is 67.6 Å². The van der Waals surface area contributed by atoms with Crippen molar-refractivity contribution in [2.24, 2.45) is 0 Å². The van der Waals surface area contributed by atoms with Gasteiger partial charge in [0.25, 0.3) is 0 Å². The van der Waals surface area contributed by atoms with Crippen LogP contribution in [-0.2, 0) is 6.42 Å². The van der Waals surface area contributed by atoms with Gasteiger partial charge in [-0.2, -0.15) is 0 Å². The minimum absolute atomic E-state index is 0.759. The molecular weight excluding hydrogens is 296 g/mol. The Hall–Kier alpha value is -3.14. The van der Waals surface area contributed by atoms with Crippen molar-refractivity contribution in [3.05, 3.63) is 77.7 Å². The summed E-state index contributed by atoms with van der Waals surface area (Å²) in [6, 6.07) is 18.5. The predicted octanol–water partition coefficient (Wildman–Crippen LogP) is 4.11. The van der Waals surface area contributed by atoms with Gasteiger partial charge in [0, 0.05) is 23.2 Å². The average Bonchev–Trinajstić information content (AvgIpc) is 3.01. The van der Waals surface area contributed by atoms with Gasteiger partial charge in [-0.3, -0.25) is 0 Å². The summed E-state index contributed by atoms with van der Waals surface area (Å²) in [5, 5.41) is 1.06. The molecule has 0 spiro atoms. The van der Waals surface area contributed by atoms with Crippen LogP contribution >= 0.6 is 0 Å². The monoisotopic (exact) mass is 314 g/mol. The van der Waals surface area contributed by atoms with Crippen LogP contribution in [0.25, 0.3) is 22.3 Å². The first-order chi connectivity index (χ1) is 11.7. The van der Waals surface area contributed by atoms with Gasteiger partial charge >= 0.3 is 0 Å². The van der Waals surface area contributed by atoms with Crippen molar-refractivity contribution in [2.75, 3.05) is 5.73 Å². The first kappa shape index (κ1) is 14.5. The molecule has 2 aromatic heterocycles. The number of nitrogens with one attached hydrogen (secondary N) is 1. The zero-order valence-electron chi connectivity index (χ0n) is 13.5. The maximum Gasteiger partial charge on any atom is 0.141 e. The number of hydrogen-bond donors (Lipinski definition) is 2. The summed E-state index contributed by atoms with van der Waals surface area (Å²) >= 11 is 0. The smallest absolute Gasteiger partial charge is 0.141 e. The highest BCUT2D eigenvalue weighted by molar-refractivity contribution is 5.85. The number of nitrogens with zero attached hydrogens (tertiary/aromatic N) is 2. The second kappa shape index (κ2) is 5.81. The fraction of sp³-hybridized carbons (Fsp3) is 0.100. The van der Waals surface area contributed by atoms with Crippen LogP contribution in [0.5, 0.6) is 0 Å². The summed E-state index contributed by atoms with van der Waals surface area (Å²) in [6.07, 6.45) is 2.41. The summed E-state index contributed by atoms with van der Waals surface area (Å²) in [7, 11) is 0. The van der Waals surface area contributed by atoms with Crippen molar-refractivity contribution in [1.82, 2.24) is 15.0 Å². The van der Waals surface area contributed by atoms with Crippen LogP contribution < -0.4 is 5.73 Å². The van der Waals surface area contributed by atoms with Gasteiger partial charge in [0.05, 0.1) is 5.69 Å². The van der Waals surface area contributed by atoms with E-state index in [1.807, 2.05) is 24.3 Å². The number of hydrogen-bond acceptors (Lipinski definition) is 3. The molecule has 0 atom stereocenters. The van der Waals surface area contributed by atoms with Crippen molar-refractivity contribution in [3.63, 3.8) is 0 Å². The average molecular weight is 314 g/mol. The zero-order chi connectivity index (χ0) is 16.5. The number of anilines is 1. The Kier molecular flexibility index (Phi) is 3.50. The first-order valence-corrected chi connectivity index (χ1v) is 7.93. The van der Waals surface area contributed by atoms with Crippen LogP contribution in [0, 0.1) is 6.92 Å². The predicted molar refractivity (Wildman–Crippen MR) is 97.7 cm³/mol. The van der Waals surface area contributed by atoms with E-state index in [-0.39, 0.29) is 0 Å². The van der Waals surface area contributed by atoms with Crippen molar-refractivity contribution in [1.29, 1.82) is 0 Å². The molecule has 4 aromatic rings. The summed E-state index contributed by atoms with van der Waals surface area (Å²) in [5.41, 5.74) is 13.0. The molecular formula is C20H18N4. The molecule has 0 saturated carbocycles. The highest BCUT2D eigenvalue weighted by Crippen LogP contribution is 2.26. The number of aryl methyl sites for hydroxylation is 1. The van der Waals surface area contributed by atoms with Crippen LogP contribution in [0.1, 0.15) is 16.8 Å². The molecule has 0 unspecified atom stereocenters. The van der Waals surface area contributed by atoms with Gasteiger partial charge in [-0.05, 0) is 36.2 Å². The lowest BCUT2D eigenvalue weighted by atomic mass is 10.0. The van der Waals surface area contributed by atoms with Crippen molar-refractivity contribution >= 4 is 16.7 Å². The molecule has 0 amide bonds. The molecule has 24 heavy (non-hydrogen) atoms. The maximum absolute atomic E-state index is 5.77. The van der Waals surface area contributed by atoms with Crippen molar-refractivity contribution in [2.45, 2.75) is 13.3 Å². The summed E-state index contributed by atoms with van der Waals surface area (Å²) in [4.78, 5) is 12.3. The minimum Gasteiger partial charge on any atom is -0.399 e. The molecule has 118 valence electrons. The van der Waals surface area contributed by atoms with Gasteiger partial charge in [0.15, 0.2) is 0 Å². The Morgan fingerprint density at radius 3 is 2.62 bits per heavy atom. The molecule has 4 nitrogen and oxygen atoms in total. The lowest BCUT2D eigenvalue weighted by molar-refractivity contribution is 1.06. The third kappa shape index (κ3) is 2.74. The second-order valence-corrected chi connectivity index (χ2v) is 6.05. The molecule has 0 fully saturated rings. The number of aromatic nitrogens is 3. The summed E-state index contributed by atoms with van der Waals surface area (Å²) in [5.74, 6) is 0. The number of fused-ring (bicyclic) bond motifs is 1. The molecule has 0 bridgehead atoms. The molecule has 3 N–H and O–H groups in total. The Labute approximate surface area is 140 Å². The first-order valence-electron chi connectivity index (χ1n) is 7.93. The largest absolute Gasteiger partial charge is 0.399 e. The van der Waals surface area contributed by atoms with E-state index in [1.54, 1.807) is 6.33 Å². The minimum atomic E-state index is 0.759. The van der Waals surface area contributed by atoms with E-state index < -0.39 is 0 Å². The Bertz CT molecular complexity index is 1000. The van der Waals surface area contributed by atoms with Gasteiger partial charge < -0.3 is 10.7 Å². The molecule has 0 aliphatic rings. The van der Waals surface area contributed by atoms with Crippen molar-refractivity contribution < 1.29 is 0 Å². The van der Waals surface area contributed by atoms with E-state index in [9.17, 15) is 0 Å². The number of H-pyrrole nitrogens is 1. The zero-order valence-corrected chi connectivity index (χ0v) is 13.5. The van der Waals surface area contributed by atoms with E-state index in [4.69, 9.17) is 5.73 Å². The molecule has 4 rings (SSSR count). The fourth-order valence-electron chi connectivity index (χ4n) is 2.97. The molecule has 0 radical (unpaired) electrons. The molecule has 0 saturated heterocycles. The quantitative estimate of drug-likeness (QED) is 0.559. The number of benzene rings is 2. The fourth-order valence-corrected chi connectivity index (χ4v) is 2.97. The van der Waals surface area contributed by atoms with E-state index in [0.717, 1.165) is 40.1 Å². The van der Waals surface area contributed by atoms with Gasteiger partial charge in [-0.15, -0.1) is 0 Å². The number of nitrogen functional groups attached to an aromatic ring is 1. The van der Waals surface area contributed by atoms with Crippen LogP contribution in [0.3, 0.4) is 0 Å². The van der Waals surface area contributed by atoms with Gasteiger partial charge in [-0.1, -0.05) is 42.0 Å². The van der Waals surface area contributed by atoms with E-state index in [0.29, 0.717) is 0 Å². The highest BCUT2D eigenvalue weighted by atomic mass is 14.9. The molecule has 4 heteroatoms. The van der Waals surface area contributed by atoms with Gasteiger partial charge in [-0.25, -0.2) is 9.97 Å². The van der Waals surface area contributed by atoms with Gasteiger partial charge in [0.2, 0.25) is 0 Å². The highest BCUT2D eigenvalue weighted by Gasteiger charge is 2.10. The lowest BCUT2D eigenvalue weighted by Crippen LogP contribution is -1.94. The van der Waals surface area contributed by atoms with Crippen LogP contribution in [0.15, 0.2) is 60.9 Å². The van der Waals surface area contributed by atoms with Crippen LogP contribution in [-0.4, -0.2) is 15.0 Å². The Balaban J connectivity index is 1.76. The Morgan fingerprint density at radius 1 is 1.00 bits per heavy atom. The van der Waals surface area contributed by atoms with Crippen LogP contribution in [0.4, 0.5) is 5.69 Å². The summed E-state index contributed by atoms with van der Waals surface area (Å²) < 4.78 is 0. The maximum atomic E-state index is 5.77. The SMILES string of the molecule is Cc1cccc(Cc2ncnc3[nH]c(-c4ccc(N)cc4)cc23)c1. The Morgan fingerprint density at radius 2 is 1.83 bits per heavy atom. The number of nitrogens with two attached hydrogens (primary N) is 1. The van der Waals surface area contributed by atoms with Gasteiger partial charge in [0.1, 0.15) is 12.0 Å². The van der Waals surface area contributed by atoms with E-state index >= 15 is 0 Å². The molecule has 0 aliphatic carbocycles. The van der Waals surface area contributed by atoms with E-state index in [2.05, 4.69) is 52.2 Å². The summed E-state index contributed by atoms with van der Waals surface area (Å²) in [6.45, 7) is 2.11. The third-order valence-electron chi connectivity index (χ3n) is 4.18. The van der Waals surface area contributed by atoms with E-state index in [1.165, 1.54) is 11.1 Å². The third-order valence-corrected chi connectivity index (χ3v) is 4.18. The van der Waals surface area contributed by atoms with Crippen LogP contribution in [0.2, 0.25) is 0 Å².